The summed E-state index contributed by atoms with van der Waals surface area (Å²) in [5.74, 6) is 1.74. The molecule has 0 aromatic rings. The molecule has 0 saturated heterocycles. The lowest BCUT2D eigenvalue weighted by atomic mass is 9.61. The van der Waals surface area contributed by atoms with Crippen LogP contribution in [0.4, 0.5) is 0 Å². The van der Waals surface area contributed by atoms with Gasteiger partial charge in [0, 0.05) is 0 Å². The molecule has 2 aliphatic carbocycles. The maximum Gasteiger partial charge on any atom is 0.0585 e. The molecule has 2 nitrogen and oxygen atoms in total. The minimum Gasteiger partial charge on any atom is -0.393 e. The Hall–Kier alpha value is -1.90. The highest BCUT2D eigenvalue weighted by molar-refractivity contribution is 5.34. The van der Waals surface area contributed by atoms with Gasteiger partial charge in [-0.05, 0) is 99.9 Å². The number of allylic oxidation sites excluding steroid dienone is 13. The lowest BCUT2D eigenvalue weighted by molar-refractivity contribution is -0.0150. The standard InChI is InChI=1S/C37H58O2/c1-27(17-14-18-29(3)20-22-35-31(5)24-33(39)26-37(35,8)9)15-12-10-11-13-16-28(2)19-21-34-30(4)23-32(38)25-36(34,6)7/h10-15,17-19,21,28,31-33,35,38-39H,16,20,22-26H2,1-9H3/b12-10+,13-11+,17-14+,21-19+,27-15+,29-18+/t28?,31?,32-,33-,35+/m1/s1. The van der Waals surface area contributed by atoms with Gasteiger partial charge in [-0.3, -0.25) is 0 Å². The Morgan fingerprint density at radius 2 is 1.69 bits per heavy atom. The summed E-state index contributed by atoms with van der Waals surface area (Å²) in [6.07, 6.45) is 28.5. The van der Waals surface area contributed by atoms with Crippen LogP contribution in [0, 0.1) is 28.6 Å². The van der Waals surface area contributed by atoms with Crippen LogP contribution in [-0.2, 0) is 0 Å². The summed E-state index contributed by atoms with van der Waals surface area (Å²) in [4.78, 5) is 0. The summed E-state index contributed by atoms with van der Waals surface area (Å²) >= 11 is 0. The molecular weight excluding hydrogens is 476 g/mol. The molecule has 2 aliphatic rings. The zero-order chi connectivity index (χ0) is 29.2. The van der Waals surface area contributed by atoms with E-state index in [1.165, 1.54) is 28.7 Å². The van der Waals surface area contributed by atoms with E-state index >= 15 is 0 Å². The maximum atomic E-state index is 10.1. The van der Waals surface area contributed by atoms with E-state index in [4.69, 9.17) is 0 Å². The van der Waals surface area contributed by atoms with Crippen molar-refractivity contribution in [3.8, 4) is 0 Å². The lowest BCUT2D eigenvalue weighted by Gasteiger charge is -2.45. The SMILES string of the molecule is CC1=C(/C=C/C(C)C/C=C/C=C/C=C(C)/C=C/C=C(\C)CC[C@H]2C(C)C[C@@H](O)CC2(C)C)C(C)(C)C[C@H](O)C1. The first kappa shape index (κ1) is 33.3. The van der Waals surface area contributed by atoms with E-state index in [1.807, 2.05) is 0 Å². The quantitative estimate of drug-likeness (QED) is 0.259. The predicted molar refractivity (Wildman–Crippen MR) is 170 cm³/mol. The molecule has 0 aliphatic heterocycles. The fraction of sp³-hybridized carbons (Fsp3) is 0.622. The average Bonchev–Trinajstić information content (AvgIpc) is 2.78. The molecular formula is C37H58O2. The van der Waals surface area contributed by atoms with Crippen molar-refractivity contribution in [3.63, 3.8) is 0 Å². The van der Waals surface area contributed by atoms with Crippen molar-refractivity contribution < 1.29 is 10.2 Å². The van der Waals surface area contributed by atoms with E-state index in [0.717, 1.165) is 38.5 Å². The maximum absolute atomic E-state index is 10.1. The van der Waals surface area contributed by atoms with Gasteiger partial charge >= 0.3 is 0 Å². The van der Waals surface area contributed by atoms with E-state index in [9.17, 15) is 10.2 Å². The topological polar surface area (TPSA) is 40.5 Å². The van der Waals surface area contributed by atoms with Gasteiger partial charge in [-0.1, -0.05) is 119 Å². The summed E-state index contributed by atoms with van der Waals surface area (Å²) in [7, 11) is 0. The number of rotatable bonds is 11. The first-order valence-corrected chi connectivity index (χ1v) is 15.3. The van der Waals surface area contributed by atoms with E-state index in [1.54, 1.807) is 0 Å². The minimum atomic E-state index is -0.205. The largest absolute Gasteiger partial charge is 0.393 e. The van der Waals surface area contributed by atoms with Crippen molar-refractivity contribution in [2.75, 3.05) is 0 Å². The summed E-state index contributed by atoms with van der Waals surface area (Å²) < 4.78 is 0. The molecule has 2 unspecified atom stereocenters. The van der Waals surface area contributed by atoms with Gasteiger partial charge in [-0.2, -0.15) is 0 Å². The highest BCUT2D eigenvalue weighted by Gasteiger charge is 2.39. The molecule has 0 bridgehead atoms. The van der Waals surface area contributed by atoms with E-state index < -0.39 is 0 Å². The van der Waals surface area contributed by atoms with Crippen LogP contribution in [0.15, 0.2) is 83.1 Å². The number of aliphatic hydroxyl groups excluding tert-OH is 2. The van der Waals surface area contributed by atoms with Crippen molar-refractivity contribution in [1.29, 1.82) is 0 Å². The summed E-state index contributed by atoms with van der Waals surface area (Å²) in [5, 5.41) is 20.2. The molecule has 0 amide bonds. The molecule has 2 rings (SSSR count). The molecule has 0 spiro atoms. The van der Waals surface area contributed by atoms with E-state index in [-0.39, 0.29) is 23.0 Å². The average molecular weight is 535 g/mol. The molecule has 5 atom stereocenters. The minimum absolute atomic E-state index is 0.0415. The third-order valence-electron chi connectivity index (χ3n) is 8.98. The van der Waals surface area contributed by atoms with Gasteiger partial charge in [0.1, 0.15) is 0 Å². The predicted octanol–water partition coefficient (Wildman–Crippen LogP) is 9.84. The third-order valence-corrected chi connectivity index (χ3v) is 8.98. The number of hydrogen-bond donors (Lipinski definition) is 2. The van der Waals surface area contributed by atoms with Gasteiger partial charge < -0.3 is 10.2 Å². The zero-order valence-electron chi connectivity index (χ0n) is 26.5. The number of hydrogen-bond acceptors (Lipinski definition) is 2. The van der Waals surface area contributed by atoms with Crippen molar-refractivity contribution in [2.24, 2.45) is 28.6 Å². The Bertz CT molecular complexity index is 994. The van der Waals surface area contributed by atoms with Crippen LogP contribution in [-0.4, -0.2) is 22.4 Å². The molecule has 0 aromatic carbocycles. The van der Waals surface area contributed by atoms with Crippen LogP contribution in [0.5, 0.6) is 0 Å². The van der Waals surface area contributed by atoms with Crippen LogP contribution >= 0.6 is 0 Å². The molecule has 2 heteroatoms. The Morgan fingerprint density at radius 1 is 0.974 bits per heavy atom. The fourth-order valence-electron chi connectivity index (χ4n) is 6.93. The molecule has 0 aromatic heterocycles. The van der Waals surface area contributed by atoms with Gasteiger partial charge in [-0.15, -0.1) is 0 Å². The van der Waals surface area contributed by atoms with Crippen LogP contribution in [0.2, 0.25) is 0 Å². The van der Waals surface area contributed by atoms with Crippen molar-refractivity contribution in [3.05, 3.63) is 83.1 Å². The van der Waals surface area contributed by atoms with Gasteiger partial charge in [0.05, 0.1) is 12.2 Å². The normalized spacial score (nSPS) is 29.4. The van der Waals surface area contributed by atoms with Gasteiger partial charge in [-0.25, -0.2) is 0 Å². The summed E-state index contributed by atoms with van der Waals surface area (Å²) in [6, 6.07) is 0. The molecule has 39 heavy (non-hydrogen) atoms. The Kier molecular flexibility index (Phi) is 13.0. The molecule has 218 valence electrons. The molecule has 2 N–H and O–H groups in total. The zero-order valence-corrected chi connectivity index (χ0v) is 26.5. The second kappa shape index (κ2) is 15.2. The monoisotopic (exact) mass is 534 g/mol. The fourth-order valence-corrected chi connectivity index (χ4v) is 6.93. The second-order valence-corrected chi connectivity index (χ2v) is 14.0. The Labute approximate surface area is 241 Å². The van der Waals surface area contributed by atoms with Gasteiger partial charge in [0.2, 0.25) is 0 Å². The summed E-state index contributed by atoms with van der Waals surface area (Å²) in [6.45, 7) is 20.2. The van der Waals surface area contributed by atoms with Gasteiger partial charge in [0.25, 0.3) is 0 Å². The molecule has 0 heterocycles. The van der Waals surface area contributed by atoms with E-state index in [0.29, 0.717) is 17.8 Å². The van der Waals surface area contributed by atoms with Crippen LogP contribution in [0.3, 0.4) is 0 Å². The number of aliphatic hydroxyl groups is 2. The second-order valence-electron chi connectivity index (χ2n) is 14.0. The Balaban J connectivity index is 1.77. The van der Waals surface area contributed by atoms with Crippen molar-refractivity contribution in [1.82, 2.24) is 0 Å². The summed E-state index contributed by atoms with van der Waals surface area (Å²) in [5.41, 5.74) is 5.63. The highest BCUT2D eigenvalue weighted by Crippen LogP contribution is 2.46. The molecule has 0 radical (unpaired) electrons. The van der Waals surface area contributed by atoms with Crippen molar-refractivity contribution >= 4 is 0 Å². The van der Waals surface area contributed by atoms with Crippen LogP contribution in [0.1, 0.15) is 107 Å². The Morgan fingerprint density at radius 3 is 2.36 bits per heavy atom. The first-order valence-electron chi connectivity index (χ1n) is 15.3. The first-order chi connectivity index (χ1) is 18.2. The van der Waals surface area contributed by atoms with Crippen LogP contribution in [0.25, 0.3) is 0 Å². The lowest BCUT2D eigenvalue weighted by Crippen LogP contribution is -2.39. The van der Waals surface area contributed by atoms with Crippen LogP contribution < -0.4 is 0 Å². The third kappa shape index (κ3) is 11.2. The molecule has 1 fully saturated rings. The van der Waals surface area contributed by atoms with Gasteiger partial charge in [0.15, 0.2) is 0 Å². The smallest absolute Gasteiger partial charge is 0.0585 e. The molecule has 1 saturated carbocycles. The highest BCUT2D eigenvalue weighted by atomic mass is 16.3. The van der Waals surface area contributed by atoms with Crippen molar-refractivity contribution in [2.45, 2.75) is 119 Å². The van der Waals surface area contributed by atoms with E-state index in [2.05, 4.69) is 123 Å².